The molecule has 2 aromatic carbocycles. The molecule has 128 valence electrons. The lowest BCUT2D eigenvalue weighted by molar-refractivity contribution is -0.274. The Morgan fingerprint density at radius 2 is 1.79 bits per heavy atom. The molecule has 0 aromatic heterocycles. The number of hydrogen-bond acceptors (Lipinski definition) is 2. The van der Waals surface area contributed by atoms with Crippen LogP contribution in [0.3, 0.4) is 0 Å². The zero-order valence-corrected chi connectivity index (χ0v) is 13.3. The zero-order valence-electron chi connectivity index (χ0n) is 13.3. The highest BCUT2D eigenvalue weighted by atomic mass is 19.4. The summed E-state index contributed by atoms with van der Waals surface area (Å²) in [6.07, 6.45) is -4.71. The third kappa shape index (κ3) is 5.49. The van der Waals surface area contributed by atoms with E-state index in [4.69, 9.17) is 5.73 Å². The first kappa shape index (κ1) is 17.7. The van der Waals surface area contributed by atoms with Gasteiger partial charge >= 0.3 is 6.36 Å². The average Bonchev–Trinajstić information content (AvgIpc) is 2.47. The van der Waals surface area contributed by atoms with Gasteiger partial charge < -0.3 is 15.8 Å². The molecule has 7 heteroatoms. The summed E-state index contributed by atoms with van der Waals surface area (Å²) in [6, 6.07) is 11.3. The van der Waals surface area contributed by atoms with Crippen molar-refractivity contribution in [1.29, 1.82) is 0 Å². The normalized spacial score (nSPS) is 12.1. The molecular weight excluding hydrogens is 319 g/mol. The van der Waals surface area contributed by atoms with E-state index in [1.807, 2.05) is 26.0 Å². The first-order valence-electron chi connectivity index (χ1n) is 7.22. The Labute approximate surface area is 138 Å². The summed E-state index contributed by atoms with van der Waals surface area (Å²) in [5.74, 6) is -0.113. The molecule has 0 unspecified atom stereocenters. The lowest BCUT2D eigenvalue weighted by Crippen LogP contribution is -2.22. The van der Waals surface area contributed by atoms with Gasteiger partial charge in [-0.3, -0.25) is 0 Å². The number of ether oxygens (including phenoxy) is 1. The fourth-order valence-electron chi connectivity index (χ4n) is 2.12. The molecular formula is C17H18F3N3O. The van der Waals surface area contributed by atoms with Crippen LogP contribution in [0.2, 0.25) is 0 Å². The van der Waals surface area contributed by atoms with Gasteiger partial charge in [0, 0.05) is 5.69 Å². The minimum absolute atomic E-state index is 0.180. The van der Waals surface area contributed by atoms with E-state index in [0.29, 0.717) is 12.2 Å². The van der Waals surface area contributed by atoms with Gasteiger partial charge in [0.15, 0.2) is 5.96 Å². The highest BCUT2D eigenvalue weighted by molar-refractivity contribution is 5.92. The van der Waals surface area contributed by atoms with E-state index in [9.17, 15) is 13.2 Å². The minimum atomic E-state index is -4.71. The SMILES string of the molecule is Cc1ccc(CN=C(N)Nc2ccc(OC(F)(F)F)cc2)c(C)c1. The molecule has 0 aliphatic carbocycles. The molecule has 0 heterocycles. The van der Waals surface area contributed by atoms with Gasteiger partial charge in [0.25, 0.3) is 0 Å². The predicted molar refractivity (Wildman–Crippen MR) is 88.0 cm³/mol. The van der Waals surface area contributed by atoms with E-state index in [2.05, 4.69) is 21.1 Å². The van der Waals surface area contributed by atoms with Crippen molar-refractivity contribution in [3.63, 3.8) is 0 Å². The monoisotopic (exact) mass is 337 g/mol. The Morgan fingerprint density at radius 1 is 1.12 bits per heavy atom. The number of anilines is 1. The van der Waals surface area contributed by atoms with Gasteiger partial charge in [0.2, 0.25) is 0 Å². The molecule has 0 amide bonds. The van der Waals surface area contributed by atoms with Gasteiger partial charge in [-0.2, -0.15) is 0 Å². The summed E-state index contributed by atoms with van der Waals surface area (Å²) >= 11 is 0. The van der Waals surface area contributed by atoms with Crippen molar-refractivity contribution in [2.75, 3.05) is 5.32 Å². The standard InChI is InChI=1S/C17H18F3N3O/c1-11-3-4-13(12(2)9-11)10-22-16(21)23-14-5-7-15(8-6-14)24-17(18,19)20/h3-9H,10H2,1-2H3,(H3,21,22,23). The molecule has 2 aromatic rings. The maximum atomic E-state index is 12.1. The topological polar surface area (TPSA) is 59.6 Å². The molecule has 4 nitrogen and oxygen atoms in total. The van der Waals surface area contributed by atoms with Crippen LogP contribution in [-0.2, 0) is 6.54 Å². The van der Waals surface area contributed by atoms with E-state index in [0.717, 1.165) is 11.1 Å². The summed E-state index contributed by atoms with van der Waals surface area (Å²) in [5, 5.41) is 2.82. The fourth-order valence-corrected chi connectivity index (χ4v) is 2.12. The Kier molecular flexibility index (Phi) is 5.33. The Bertz CT molecular complexity index is 725. The number of guanidine groups is 1. The molecule has 0 radical (unpaired) electrons. The average molecular weight is 337 g/mol. The van der Waals surface area contributed by atoms with Crippen molar-refractivity contribution in [3.05, 3.63) is 59.2 Å². The summed E-state index contributed by atoms with van der Waals surface area (Å²) in [6.45, 7) is 4.43. The lowest BCUT2D eigenvalue weighted by atomic mass is 10.1. The van der Waals surface area contributed by atoms with Crippen LogP contribution in [0.4, 0.5) is 18.9 Å². The third-order valence-electron chi connectivity index (χ3n) is 3.28. The number of halogens is 3. The van der Waals surface area contributed by atoms with Crippen molar-refractivity contribution >= 4 is 11.6 Å². The predicted octanol–water partition coefficient (Wildman–Crippen LogP) is 4.13. The highest BCUT2D eigenvalue weighted by Gasteiger charge is 2.30. The van der Waals surface area contributed by atoms with Gasteiger partial charge in [-0.05, 0) is 49.2 Å². The molecule has 0 bridgehead atoms. The minimum Gasteiger partial charge on any atom is -0.406 e. The molecule has 0 fully saturated rings. The number of rotatable bonds is 4. The largest absolute Gasteiger partial charge is 0.573 e. The first-order chi connectivity index (χ1) is 11.2. The van der Waals surface area contributed by atoms with Gasteiger partial charge in [-0.15, -0.1) is 13.2 Å². The summed E-state index contributed by atoms with van der Waals surface area (Å²) in [4.78, 5) is 4.23. The first-order valence-corrected chi connectivity index (χ1v) is 7.22. The smallest absolute Gasteiger partial charge is 0.406 e. The van der Waals surface area contributed by atoms with Crippen LogP contribution in [0.1, 0.15) is 16.7 Å². The second-order valence-corrected chi connectivity index (χ2v) is 5.33. The number of nitrogens with one attached hydrogen (secondary N) is 1. The number of aryl methyl sites for hydroxylation is 2. The highest BCUT2D eigenvalue weighted by Crippen LogP contribution is 2.23. The number of benzene rings is 2. The van der Waals surface area contributed by atoms with Crippen molar-refractivity contribution < 1.29 is 17.9 Å². The van der Waals surface area contributed by atoms with Crippen LogP contribution < -0.4 is 15.8 Å². The van der Waals surface area contributed by atoms with Gasteiger partial charge in [0.05, 0.1) is 6.54 Å². The second-order valence-electron chi connectivity index (χ2n) is 5.33. The summed E-state index contributed by atoms with van der Waals surface area (Å²) in [7, 11) is 0. The van der Waals surface area contributed by atoms with E-state index in [-0.39, 0.29) is 11.7 Å². The number of nitrogens with zero attached hydrogens (tertiary/aromatic N) is 1. The third-order valence-corrected chi connectivity index (χ3v) is 3.28. The second kappa shape index (κ2) is 7.25. The van der Waals surface area contributed by atoms with E-state index >= 15 is 0 Å². The number of aliphatic imine (C=N–C) groups is 1. The molecule has 0 saturated heterocycles. The van der Waals surface area contributed by atoms with Crippen molar-refractivity contribution in [1.82, 2.24) is 0 Å². The summed E-state index contributed by atoms with van der Waals surface area (Å²) < 4.78 is 40.1. The number of hydrogen-bond donors (Lipinski definition) is 2. The molecule has 0 spiro atoms. The van der Waals surface area contributed by atoms with Gasteiger partial charge in [-0.25, -0.2) is 4.99 Å². The van der Waals surface area contributed by atoms with Crippen molar-refractivity contribution in [3.8, 4) is 5.75 Å². The summed E-state index contributed by atoms with van der Waals surface area (Å²) in [5.41, 5.74) is 9.67. The Hall–Kier alpha value is -2.70. The molecule has 0 saturated carbocycles. The van der Waals surface area contributed by atoms with Gasteiger partial charge in [0.1, 0.15) is 5.75 Å². The molecule has 24 heavy (non-hydrogen) atoms. The zero-order chi connectivity index (χ0) is 17.7. The van der Waals surface area contributed by atoms with E-state index in [1.165, 1.54) is 29.8 Å². The van der Waals surface area contributed by atoms with Gasteiger partial charge in [-0.1, -0.05) is 23.8 Å². The molecule has 0 aliphatic heterocycles. The Morgan fingerprint density at radius 3 is 2.38 bits per heavy atom. The maximum Gasteiger partial charge on any atom is 0.573 e. The van der Waals surface area contributed by atoms with Crippen LogP contribution in [0, 0.1) is 13.8 Å². The number of alkyl halides is 3. The van der Waals surface area contributed by atoms with Crippen LogP contribution in [0.25, 0.3) is 0 Å². The molecule has 0 atom stereocenters. The van der Waals surface area contributed by atoms with Crippen LogP contribution >= 0.6 is 0 Å². The molecule has 3 N–H and O–H groups in total. The quantitative estimate of drug-likeness (QED) is 0.651. The number of nitrogens with two attached hydrogens (primary N) is 1. The van der Waals surface area contributed by atoms with Crippen LogP contribution in [0.15, 0.2) is 47.5 Å². The molecule has 2 rings (SSSR count). The van der Waals surface area contributed by atoms with Crippen molar-refractivity contribution in [2.24, 2.45) is 10.7 Å². The Balaban J connectivity index is 1.97. The van der Waals surface area contributed by atoms with E-state index < -0.39 is 6.36 Å². The van der Waals surface area contributed by atoms with E-state index in [1.54, 1.807) is 0 Å². The molecule has 0 aliphatic rings. The lowest BCUT2D eigenvalue weighted by Gasteiger charge is -2.10. The fraction of sp³-hybridized carbons (Fsp3) is 0.235. The van der Waals surface area contributed by atoms with Crippen molar-refractivity contribution in [2.45, 2.75) is 26.8 Å². The van der Waals surface area contributed by atoms with Crippen LogP contribution in [0.5, 0.6) is 5.75 Å². The maximum absolute atomic E-state index is 12.1. The van der Waals surface area contributed by atoms with Crippen LogP contribution in [-0.4, -0.2) is 12.3 Å².